The molecule has 0 bridgehead atoms. The van der Waals surface area contributed by atoms with E-state index in [0.717, 1.165) is 30.2 Å². The number of halogens is 1. The van der Waals surface area contributed by atoms with Gasteiger partial charge in [0, 0.05) is 11.1 Å². The largest absolute Gasteiger partial charge is 0.496 e. The lowest BCUT2D eigenvalue weighted by atomic mass is 9.97. The molecule has 1 aliphatic rings. The fourth-order valence-electron chi connectivity index (χ4n) is 2.63. The van der Waals surface area contributed by atoms with Crippen LogP contribution in [0.15, 0.2) is 12.1 Å². The van der Waals surface area contributed by atoms with Crippen molar-refractivity contribution in [2.75, 3.05) is 13.7 Å². The molecule has 1 N–H and O–H groups in total. The molecular formula is C14H20ClNO. The van der Waals surface area contributed by atoms with Crippen molar-refractivity contribution in [3.8, 4) is 5.75 Å². The molecule has 1 aliphatic heterocycles. The highest BCUT2D eigenvalue weighted by Gasteiger charge is 2.17. The molecule has 1 atom stereocenters. The van der Waals surface area contributed by atoms with E-state index in [1.165, 1.54) is 24.0 Å². The lowest BCUT2D eigenvalue weighted by Crippen LogP contribution is -2.24. The van der Waals surface area contributed by atoms with Crippen LogP contribution in [0.25, 0.3) is 0 Å². The standard InChI is InChI=1S/C14H20ClNO/c1-3-13-10(8-12-5-4-6-16-12)7-11(15)9-14(13)17-2/h7,9,12,16H,3-6,8H2,1-2H3. The van der Waals surface area contributed by atoms with Gasteiger partial charge in [0.25, 0.3) is 0 Å². The highest BCUT2D eigenvalue weighted by Crippen LogP contribution is 2.29. The van der Waals surface area contributed by atoms with E-state index in [0.29, 0.717) is 6.04 Å². The molecule has 0 saturated carbocycles. The van der Waals surface area contributed by atoms with Gasteiger partial charge in [0.15, 0.2) is 0 Å². The number of hydrogen-bond donors (Lipinski definition) is 1. The SMILES string of the molecule is CCc1c(CC2CCCN2)cc(Cl)cc1OC. The summed E-state index contributed by atoms with van der Waals surface area (Å²) in [5.41, 5.74) is 2.63. The van der Waals surface area contributed by atoms with Crippen molar-refractivity contribution < 1.29 is 4.74 Å². The molecule has 94 valence electrons. The molecule has 2 nitrogen and oxygen atoms in total. The summed E-state index contributed by atoms with van der Waals surface area (Å²) in [6, 6.07) is 4.60. The van der Waals surface area contributed by atoms with Crippen molar-refractivity contribution in [1.82, 2.24) is 5.32 Å². The second kappa shape index (κ2) is 5.74. The van der Waals surface area contributed by atoms with Crippen LogP contribution >= 0.6 is 11.6 Å². The zero-order valence-corrected chi connectivity index (χ0v) is 11.3. The molecule has 0 aromatic heterocycles. The van der Waals surface area contributed by atoms with Gasteiger partial charge in [-0.1, -0.05) is 18.5 Å². The number of ether oxygens (including phenoxy) is 1. The average Bonchev–Trinajstić information content (AvgIpc) is 2.81. The van der Waals surface area contributed by atoms with Gasteiger partial charge >= 0.3 is 0 Å². The fourth-order valence-corrected chi connectivity index (χ4v) is 2.86. The molecule has 0 aliphatic carbocycles. The highest BCUT2D eigenvalue weighted by atomic mass is 35.5. The molecule has 1 unspecified atom stereocenters. The van der Waals surface area contributed by atoms with Crippen LogP contribution in [-0.4, -0.2) is 19.7 Å². The van der Waals surface area contributed by atoms with E-state index in [2.05, 4.69) is 18.3 Å². The Kier molecular flexibility index (Phi) is 4.30. The quantitative estimate of drug-likeness (QED) is 0.890. The summed E-state index contributed by atoms with van der Waals surface area (Å²) in [5, 5.41) is 4.30. The smallest absolute Gasteiger partial charge is 0.123 e. The summed E-state index contributed by atoms with van der Waals surface area (Å²) in [4.78, 5) is 0. The summed E-state index contributed by atoms with van der Waals surface area (Å²) in [7, 11) is 1.71. The zero-order chi connectivity index (χ0) is 12.3. The minimum absolute atomic E-state index is 0.600. The van der Waals surface area contributed by atoms with Gasteiger partial charge in [-0.05, 0) is 55.5 Å². The lowest BCUT2D eigenvalue weighted by Gasteiger charge is -2.16. The molecule has 2 rings (SSSR count). The van der Waals surface area contributed by atoms with Crippen LogP contribution < -0.4 is 10.1 Å². The van der Waals surface area contributed by atoms with Crippen molar-refractivity contribution in [1.29, 1.82) is 0 Å². The van der Waals surface area contributed by atoms with Crippen molar-refractivity contribution in [3.05, 3.63) is 28.3 Å². The van der Waals surface area contributed by atoms with Crippen molar-refractivity contribution in [2.24, 2.45) is 0 Å². The maximum Gasteiger partial charge on any atom is 0.123 e. The number of benzene rings is 1. The Bertz CT molecular complexity index is 386. The summed E-state index contributed by atoms with van der Waals surface area (Å²) >= 11 is 6.14. The van der Waals surface area contributed by atoms with Gasteiger partial charge in [0.05, 0.1) is 7.11 Å². The molecule has 0 radical (unpaired) electrons. The fraction of sp³-hybridized carbons (Fsp3) is 0.571. The Balaban J connectivity index is 2.26. The van der Waals surface area contributed by atoms with Gasteiger partial charge in [-0.25, -0.2) is 0 Å². The molecule has 1 aromatic carbocycles. The monoisotopic (exact) mass is 253 g/mol. The number of nitrogens with one attached hydrogen (secondary N) is 1. The maximum absolute atomic E-state index is 6.14. The number of methoxy groups -OCH3 is 1. The van der Waals surface area contributed by atoms with Crippen molar-refractivity contribution >= 4 is 11.6 Å². The first-order valence-corrected chi connectivity index (χ1v) is 6.71. The molecule has 1 saturated heterocycles. The average molecular weight is 254 g/mol. The molecule has 0 spiro atoms. The van der Waals surface area contributed by atoms with E-state index >= 15 is 0 Å². The first kappa shape index (κ1) is 12.7. The normalized spacial score (nSPS) is 19.6. The van der Waals surface area contributed by atoms with Gasteiger partial charge in [-0.3, -0.25) is 0 Å². The van der Waals surface area contributed by atoms with Gasteiger partial charge in [0.2, 0.25) is 0 Å². The van der Waals surface area contributed by atoms with Crippen LogP contribution in [0.4, 0.5) is 0 Å². The predicted molar refractivity (Wildman–Crippen MR) is 72.1 cm³/mol. The van der Waals surface area contributed by atoms with Gasteiger partial charge in [0.1, 0.15) is 5.75 Å². The summed E-state index contributed by atoms with van der Waals surface area (Å²) in [5.74, 6) is 0.924. The van der Waals surface area contributed by atoms with Crippen LogP contribution in [0.1, 0.15) is 30.9 Å². The number of hydrogen-bond acceptors (Lipinski definition) is 2. The van der Waals surface area contributed by atoms with Crippen LogP contribution in [0, 0.1) is 0 Å². The highest BCUT2D eigenvalue weighted by molar-refractivity contribution is 6.30. The van der Waals surface area contributed by atoms with E-state index in [-0.39, 0.29) is 0 Å². The summed E-state index contributed by atoms with van der Waals surface area (Å²) in [6.45, 7) is 3.31. The first-order chi connectivity index (χ1) is 8.24. The molecule has 1 heterocycles. The minimum atomic E-state index is 0.600. The summed E-state index contributed by atoms with van der Waals surface area (Å²) in [6.07, 6.45) is 4.59. The molecular weight excluding hydrogens is 234 g/mol. The third-order valence-electron chi connectivity index (χ3n) is 3.47. The minimum Gasteiger partial charge on any atom is -0.496 e. The van der Waals surface area contributed by atoms with Crippen molar-refractivity contribution in [2.45, 2.75) is 38.6 Å². The molecule has 17 heavy (non-hydrogen) atoms. The van der Waals surface area contributed by atoms with Crippen LogP contribution in [0.5, 0.6) is 5.75 Å². The number of rotatable bonds is 4. The van der Waals surface area contributed by atoms with Crippen LogP contribution in [0.2, 0.25) is 5.02 Å². The molecule has 1 fully saturated rings. The lowest BCUT2D eigenvalue weighted by molar-refractivity contribution is 0.409. The Morgan fingerprint density at radius 2 is 2.29 bits per heavy atom. The molecule has 3 heteroatoms. The molecule has 0 amide bonds. The topological polar surface area (TPSA) is 21.3 Å². The van der Waals surface area contributed by atoms with E-state index < -0.39 is 0 Å². The van der Waals surface area contributed by atoms with Gasteiger partial charge < -0.3 is 10.1 Å². The Hall–Kier alpha value is -0.730. The van der Waals surface area contributed by atoms with Crippen molar-refractivity contribution in [3.63, 3.8) is 0 Å². The van der Waals surface area contributed by atoms with Crippen LogP contribution in [-0.2, 0) is 12.8 Å². The van der Waals surface area contributed by atoms with E-state index in [1.54, 1.807) is 7.11 Å². The Labute approximate surface area is 108 Å². The summed E-state index contributed by atoms with van der Waals surface area (Å²) < 4.78 is 5.42. The second-order valence-corrected chi connectivity index (χ2v) is 5.03. The first-order valence-electron chi connectivity index (χ1n) is 6.33. The van der Waals surface area contributed by atoms with Crippen LogP contribution in [0.3, 0.4) is 0 Å². The predicted octanol–water partition coefficient (Wildman–Crippen LogP) is 3.21. The third-order valence-corrected chi connectivity index (χ3v) is 3.69. The Morgan fingerprint density at radius 1 is 1.47 bits per heavy atom. The van der Waals surface area contributed by atoms with E-state index in [9.17, 15) is 0 Å². The van der Waals surface area contributed by atoms with Gasteiger partial charge in [-0.15, -0.1) is 0 Å². The molecule has 1 aromatic rings. The maximum atomic E-state index is 6.14. The zero-order valence-electron chi connectivity index (χ0n) is 10.6. The van der Waals surface area contributed by atoms with E-state index in [1.807, 2.05) is 6.07 Å². The third kappa shape index (κ3) is 2.93. The van der Waals surface area contributed by atoms with E-state index in [4.69, 9.17) is 16.3 Å². The second-order valence-electron chi connectivity index (χ2n) is 4.60. The van der Waals surface area contributed by atoms with Gasteiger partial charge in [-0.2, -0.15) is 0 Å². The Morgan fingerprint density at radius 3 is 2.88 bits per heavy atom.